The van der Waals surface area contributed by atoms with Gasteiger partial charge in [-0.15, -0.1) is 0 Å². The number of nitrogens with zero attached hydrogens (tertiary/aromatic N) is 4. The minimum atomic E-state index is -3.21. The summed E-state index contributed by atoms with van der Waals surface area (Å²) in [7, 11) is -3.21. The van der Waals surface area contributed by atoms with Crippen molar-refractivity contribution in [2.75, 3.05) is 31.2 Å². The molecule has 1 aromatic carbocycles. The molecule has 9 nitrogen and oxygen atoms in total. The van der Waals surface area contributed by atoms with E-state index in [0.717, 1.165) is 21.2 Å². The van der Waals surface area contributed by atoms with Gasteiger partial charge in [0.25, 0.3) is 0 Å². The molecule has 2 aliphatic rings. The van der Waals surface area contributed by atoms with E-state index >= 15 is 0 Å². The van der Waals surface area contributed by atoms with Gasteiger partial charge in [0.15, 0.2) is 5.82 Å². The number of hydrogen-bond donors (Lipinski definition) is 2. The molecule has 1 saturated heterocycles. The molecule has 0 radical (unpaired) electrons. The number of sulfonamides is 1. The number of carbonyl (C=O) groups is 1. The van der Waals surface area contributed by atoms with Crippen LogP contribution in [-0.2, 0) is 21.4 Å². The van der Waals surface area contributed by atoms with Crippen molar-refractivity contribution in [1.29, 1.82) is 0 Å². The molecule has 2 N–H and O–H groups in total. The van der Waals surface area contributed by atoms with Crippen LogP contribution >= 0.6 is 11.8 Å². The van der Waals surface area contributed by atoms with Crippen molar-refractivity contribution in [3.8, 4) is 0 Å². The molecule has 3 heterocycles. The summed E-state index contributed by atoms with van der Waals surface area (Å²) in [6.07, 6.45) is 5.73. The predicted molar refractivity (Wildman–Crippen MR) is 113 cm³/mol. The highest BCUT2D eigenvalue weighted by molar-refractivity contribution is 7.99. The standard InChI is InChI=1S/C19H23N5O4S2/c1-30(27,28)24-8-4-14(5-9-24)23(12-17(25)26)11-13-2-3-16-15(10-13)22-18-19(29-16)21-7-6-20-18/h2-3,6-7,10,14H,4-5,8-9,11-12H2,1H3,(H,20,22)(H,25,26). The van der Waals surface area contributed by atoms with Crippen LogP contribution in [0.15, 0.2) is 40.5 Å². The van der Waals surface area contributed by atoms with E-state index in [4.69, 9.17) is 0 Å². The van der Waals surface area contributed by atoms with Gasteiger partial charge in [0.05, 0.1) is 18.5 Å². The van der Waals surface area contributed by atoms with E-state index in [-0.39, 0.29) is 12.6 Å². The lowest BCUT2D eigenvalue weighted by Gasteiger charge is -2.37. The van der Waals surface area contributed by atoms with Gasteiger partial charge in [0.2, 0.25) is 10.0 Å². The maximum Gasteiger partial charge on any atom is 0.317 e. The lowest BCUT2D eigenvalue weighted by Crippen LogP contribution is -2.47. The second kappa shape index (κ2) is 8.50. The number of piperidine rings is 1. The van der Waals surface area contributed by atoms with E-state index in [1.165, 1.54) is 10.6 Å². The Morgan fingerprint density at radius 2 is 2.03 bits per heavy atom. The molecule has 30 heavy (non-hydrogen) atoms. The lowest BCUT2D eigenvalue weighted by molar-refractivity contribution is -0.139. The van der Waals surface area contributed by atoms with Crippen LogP contribution in [0.2, 0.25) is 0 Å². The molecule has 160 valence electrons. The van der Waals surface area contributed by atoms with Crippen molar-refractivity contribution in [3.05, 3.63) is 36.2 Å². The zero-order valence-electron chi connectivity index (χ0n) is 16.5. The van der Waals surface area contributed by atoms with E-state index in [0.29, 0.717) is 38.3 Å². The molecule has 4 rings (SSSR count). The van der Waals surface area contributed by atoms with Gasteiger partial charge in [-0.1, -0.05) is 17.8 Å². The highest BCUT2D eigenvalue weighted by atomic mass is 32.2. The summed E-state index contributed by atoms with van der Waals surface area (Å²) in [6, 6.07) is 6.03. The number of hydrogen-bond acceptors (Lipinski definition) is 8. The number of aromatic nitrogens is 2. The summed E-state index contributed by atoms with van der Waals surface area (Å²) in [5, 5.41) is 13.5. The van der Waals surface area contributed by atoms with Crippen molar-refractivity contribution >= 4 is 39.3 Å². The van der Waals surface area contributed by atoms with Crippen molar-refractivity contribution < 1.29 is 18.3 Å². The highest BCUT2D eigenvalue weighted by Gasteiger charge is 2.29. The molecule has 0 aliphatic carbocycles. The van der Waals surface area contributed by atoms with Crippen LogP contribution in [0.1, 0.15) is 18.4 Å². The summed E-state index contributed by atoms with van der Waals surface area (Å²) in [6.45, 7) is 1.22. The smallest absolute Gasteiger partial charge is 0.317 e. The molecule has 0 spiro atoms. The summed E-state index contributed by atoms with van der Waals surface area (Å²) in [4.78, 5) is 23.1. The van der Waals surface area contributed by atoms with E-state index in [9.17, 15) is 18.3 Å². The fourth-order valence-electron chi connectivity index (χ4n) is 3.84. The van der Waals surface area contributed by atoms with E-state index in [1.807, 2.05) is 23.1 Å². The highest BCUT2D eigenvalue weighted by Crippen LogP contribution is 2.42. The first-order valence-corrected chi connectivity index (χ1v) is 12.3. The Bertz CT molecular complexity index is 1050. The van der Waals surface area contributed by atoms with Crippen molar-refractivity contribution in [2.24, 2.45) is 0 Å². The van der Waals surface area contributed by atoms with Crippen molar-refractivity contribution in [1.82, 2.24) is 19.2 Å². The minimum absolute atomic E-state index is 0.0176. The van der Waals surface area contributed by atoms with Crippen LogP contribution in [0.3, 0.4) is 0 Å². The zero-order valence-corrected chi connectivity index (χ0v) is 18.1. The van der Waals surface area contributed by atoms with Crippen molar-refractivity contribution in [3.63, 3.8) is 0 Å². The summed E-state index contributed by atoms with van der Waals surface area (Å²) >= 11 is 1.55. The van der Waals surface area contributed by atoms with Crippen LogP contribution < -0.4 is 5.32 Å². The first kappa shape index (κ1) is 21.0. The second-order valence-corrected chi connectivity index (χ2v) is 10.5. The number of fused-ring (bicyclic) bond motifs is 2. The van der Waals surface area contributed by atoms with E-state index in [1.54, 1.807) is 24.2 Å². The molecule has 0 amide bonds. The Morgan fingerprint density at radius 1 is 1.30 bits per heavy atom. The molecule has 0 saturated carbocycles. The van der Waals surface area contributed by atoms with Gasteiger partial charge in [0.1, 0.15) is 5.03 Å². The Morgan fingerprint density at radius 3 is 2.73 bits per heavy atom. The van der Waals surface area contributed by atoms with Gasteiger partial charge < -0.3 is 10.4 Å². The second-order valence-electron chi connectivity index (χ2n) is 7.46. The average Bonchev–Trinajstić information content (AvgIpc) is 2.71. The molecule has 1 fully saturated rings. The molecule has 0 unspecified atom stereocenters. The van der Waals surface area contributed by atoms with Gasteiger partial charge in [-0.3, -0.25) is 9.69 Å². The molecule has 2 aliphatic heterocycles. The Hall–Kier alpha value is -2.21. The summed E-state index contributed by atoms with van der Waals surface area (Å²) in [5.41, 5.74) is 1.91. The molecule has 2 aromatic rings. The molecule has 11 heteroatoms. The van der Waals surface area contributed by atoms with Gasteiger partial charge in [-0.25, -0.2) is 22.7 Å². The number of aliphatic carboxylic acids is 1. The Labute approximate surface area is 179 Å². The number of rotatable bonds is 6. The minimum Gasteiger partial charge on any atom is -0.480 e. The molecule has 0 atom stereocenters. The average molecular weight is 450 g/mol. The van der Waals surface area contributed by atoms with Crippen LogP contribution in [0.4, 0.5) is 11.5 Å². The van der Waals surface area contributed by atoms with Gasteiger partial charge in [-0.05, 0) is 30.5 Å². The fraction of sp³-hybridized carbons (Fsp3) is 0.421. The summed E-state index contributed by atoms with van der Waals surface area (Å²) in [5.74, 6) is -0.181. The van der Waals surface area contributed by atoms with Crippen LogP contribution in [0.25, 0.3) is 0 Å². The third-order valence-electron chi connectivity index (χ3n) is 5.30. The SMILES string of the molecule is CS(=O)(=O)N1CCC(N(CC(=O)O)Cc2ccc3c(c2)Nc2nccnc2S3)CC1. The van der Waals surface area contributed by atoms with Crippen LogP contribution in [-0.4, -0.2) is 70.6 Å². The van der Waals surface area contributed by atoms with E-state index in [2.05, 4.69) is 15.3 Å². The number of benzene rings is 1. The Balaban J connectivity index is 1.49. The van der Waals surface area contributed by atoms with Crippen LogP contribution in [0, 0.1) is 0 Å². The topological polar surface area (TPSA) is 116 Å². The third kappa shape index (κ3) is 4.75. The predicted octanol–water partition coefficient (Wildman–Crippen LogP) is 2.00. The maximum absolute atomic E-state index is 11.8. The molecular weight excluding hydrogens is 426 g/mol. The normalized spacial score (nSPS) is 17.3. The summed E-state index contributed by atoms with van der Waals surface area (Å²) < 4.78 is 25.0. The lowest BCUT2D eigenvalue weighted by atomic mass is 10.0. The monoisotopic (exact) mass is 449 g/mol. The number of nitrogens with one attached hydrogen (secondary N) is 1. The van der Waals surface area contributed by atoms with Gasteiger partial charge in [-0.2, -0.15) is 0 Å². The van der Waals surface area contributed by atoms with Gasteiger partial charge >= 0.3 is 5.97 Å². The van der Waals surface area contributed by atoms with E-state index < -0.39 is 16.0 Å². The first-order valence-electron chi connectivity index (χ1n) is 9.59. The fourth-order valence-corrected chi connectivity index (χ4v) is 5.59. The molecular formula is C19H23N5O4S2. The first-order chi connectivity index (χ1) is 14.3. The zero-order chi connectivity index (χ0) is 21.3. The third-order valence-corrected chi connectivity index (χ3v) is 7.67. The largest absolute Gasteiger partial charge is 0.480 e. The van der Waals surface area contributed by atoms with Gasteiger partial charge in [0, 0.05) is 43.0 Å². The van der Waals surface area contributed by atoms with Crippen molar-refractivity contribution in [2.45, 2.75) is 35.3 Å². The maximum atomic E-state index is 11.8. The number of carboxylic acid groups (broad SMARTS) is 1. The quantitative estimate of drug-likeness (QED) is 0.583. The van der Waals surface area contributed by atoms with Crippen LogP contribution in [0.5, 0.6) is 0 Å². The Kier molecular flexibility index (Phi) is 5.96. The molecule has 0 bridgehead atoms. The molecule has 1 aromatic heterocycles. The number of carboxylic acids is 1. The number of anilines is 2.